The van der Waals surface area contributed by atoms with Crippen molar-refractivity contribution in [2.24, 2.45) is 11.8 Å². The Balaban J connectivity index is 2.03. The highest BCUT2D eigenvalue weighted by atomic mass is 15.2. The Morgan fingerprint density at radius 1 is 1.27 bits per heavy atom. The van der Waals surface area contributed by atoms with Crippen LogP contribution in [-0.2, 0) is 0 Å². The molecule has 0 bridgehead atoms. The molecule has 11 heavy (non-hydrogen) atoms. The molecule has 64 valence electrons. The van der Waals surface area contributed by atoms with Crippen molar-refractivity contribution in [2.45, 2.75) is 39.2 Å². The molecular formula is C10H19N. The number of piperidine rings is 1. The van der Waals surface area contributed by atoms with Crippen LogP contribution in [0.15, 0.2) is 0 Å². The van der Waals surface area contributed by atoms with Crippen LogP contribution in [0, 0.1) is 11.8 Å². The molecule has 0 aromatic rings. The molecule has 1 heteroatoms. The lowest BCUT2D eigenvalue weighted by Crippen LogP contribution is -2.39. The van der Waals surface area contributed by atoms with Gasteiger partial charge in [-0.1, -0.05) is 13.8 Å². The zero-order valence-electron chi connectivity index (χ0n) is 7.71. The average molecular weight is 153 g/mol. The predicted octanol–water partition coefficient (Wildman–Crippen LogP) is 2.13. The van der Waals surface area contributed by atoms with Crippen LogP contribution in [0.4, 0.5) is 0 Å². The first kappa shape index (κ1) is 7.60. The molecule has 0 N–H and O–H groups in total. The molecule has 2 aliphatic heterocycles. The molecule has 0 aromatic carbocycles. The minimum Gasteiger partial charge on any atom is -0.300 e. The summed E-state index contributed by atoms with van der Waals surface area (Å²) in [6.07, 6.45) is 4.36. The van der Waals surface area contributed by atoms with Crippen LogP contribution in [0.5, 0.6) is 0 Å². The predicted molar refractivity (Wildman–Crippen MR) is 47.5 cm³/mol. The van der Waals surface area contributed by atoms with E-state index in [1.807, 2.05) is 0 Å². The summed E-state index contributed by atoms with van der Waals surface area (Å²) in [4.78, 5) is 2.71. The fourth-order valence-corrected chi connectivity index (χ4v) is 2.83. The number of hydrogen-bond acceptors (Lipinski definition) is 1. The Morgan fingerprint density at radius 3 is 2.82 bits per heavy atom. The quantitative estimate of drug-likeness (QED) is 0.515. The van der Waals surface area contributed by atoms with Crippen molar-refractivity contribution in [3.8, 4) is 0 Å². The third-order valence-corrected chi connectivity index (χ3v) is 3.42. The summed E-state index contributed by atoms with van der Waals surface area (Å²) in [5, 5.41) is 0. The average Bonchev–Trinajstić information content (AvgIpc) is 2.31. The fraction of sp³-hybridized carbons (Fsp3) is 1.00. The Bertz CT molecular complexity index is 144. The second kappa shape index (κ2) is 2.78. The first-order valence-corrected chi connectivity index (χ1v) is 5.01. The van der Waals surface area contributed by atoms with E-state index in [4.69, 9.17) is 0 Å². The first-order chi connectivity index (χ1) is 5.27. The molecule has 2 fully saturated rings. The molecule has 2 rings (SSSR count). The summed E-state index contributed by atoms with van der Waals surface area (Å²) in [5.74, 6) is 1.93. The van der Waals surface area contributed by atoms with Gasteiger partial charge in [0.05, 0.1) is 0 Å². The molecule has 2 heterocycles. The van der Waals surface area contributed by atoms with Gasteiger partial charge in [0.1, 0.15) is 0 Å². The van der Waals surface area contributed by atoms with Gasteiger partial charge in [-0.2, -0.15) is 0 Å². The van der Waals surface area contributed by atoms with Gasteiger partial charge in [-0.05, 0) is 37.6 Å². The van der Waals surface area contributed by atoms with Crippen LogP contribution >= 0.6 is 0 Å². The third kappa shape index (κ3) is 1.31. The van der Waals surface area contributed by atoms with Gasteiger partial charge in [0.15, 0.2) is 0 Å². The summed E-state index contributed by atoms with van der Waals surface area (Å²) in [7, 11) is 0. The molecule has 2 aliphatic rings. The van der Waals surface area contributed by atoms with Crippen LogP contribution in [0.25, 0.3) is 0 Å². The minimum absolute atomic E-state index is 0.943. The largest absolute Gasteiger partial charge is 0.300 e. The lowest BCUT2D eigenvalue weighted by molar-refractivity contribution is 0.144. The molecule has 0 amide bonds. The van der Waals surface area contributed by atoms with Crippen molar-refractivity contribution in [3.63, 3.8) is 0 Å². The van der Waals surface area contributed by atoms with E-state index in [9.17, 15) is 0 Å². The monoisotopic (exact) mass is 153 g/mol. The number of rotatable bonds is 0. The summed E-state index contributed by atoms with van der Waals surface area (Å²) >= 11 is 0. The van der Waals surface area contributed by atoms with Crippen molar-refractivity contribution in [2.75, 3.05) is 13.1 Å². The fourth-order valence-electron chi connectivity index (χ4n) is 2.83. The lowest BCUT2D eigenvalue weighted by atomic mass is 9.90. The molecule has 0 unspecified atom stereocenters. The highest BCUT2D eigenvalue weighted by molar-refractivity contribution is 4.89. The van der Waals surface area contributed by atoms with E-state index < -0.39 is 0 Å². The van der Waals surface area contributed by atoms with Gasteiger partial charge in [-0.25, -0.2) is 0 Å². The van der Waals surface area contributed by atoms with Crippen LogP contribution in [0.2, 0.25) is 0 Å². The van der Waals surface area contributed by atoms with Crippen LogP contribution in [-0.4, -0.2) is 24.0 Å². The van der Waals surface area contributed by atoms with Gasteiger partial charge in [-0.15, -0.1) is 0 Å². The summed E-state index contributed by atoms with van der Waals surface area (Å²) in [5.41, 5.74) is 0. The summed E-state index contributed by atoms with van der Waals surface area (Å²) in [6, 6.07) is 0.943. The van der Waals surface area contributed by atoms with E-state index in [1.165, 1.54) is 32.4 Å². The molecule has 3 atom stereocenters. The highest BCUT2D eigenvalue weighted by Crippen LogP contribution is 2.33. The van der Waals surface area contributed by atoms with Crippen molar-refractivity contribution < 1.29 is 0 Å². The molecule has 1 nitrogen and oxygen atoms in total. The van der Waals surface area contributed by atoms with Crippen LogP contribution in [0.1, 0.15) is 33.1 Å². The van der Waals surface area contributed by atoms with Crippen molar-refractivity contribution in [1.29, 1.82) is 0 Å². The van der Waals surface area contributed by atoms with Gasteiger partial charge >= 0.3 is 0 Å². The normalized spacial score (nSPS) is 45.8. The standard InChI is InChI=1S/C10H19N/c1-8-6-10-9(2)4-3-5-11(10)7-8/h8-10H,3-7H2,1-2H3/t8-,9-,10+/m1/s1. The number of hydrogen-bond donors (Lipinski definition) is 0. The molecular weight excluding hydrogens is 134 g/mol. The third-order valence-electron chi connectivity index (χ3n) is 3.42. The molecule has 0 aliphatic carbocycles. The topological polar surface area (TPSA) is 3.24 Å². The maximum atomic E-state index is 2.71. The van der Waals surface area contributed by atoms with E-state index >= 15 is 0 Å². The Labute approximate surface area is 69.8 Å². The highest BCUT2D eigenvalue weighted by Gasteiger charge is 2.35. The Morgan fingerprint density at radius 2 is 2.09 bits per heavy atom. The van der Waals surface area contributed by atoms with Gasteiger partial charge in [-0.3, -0.25) is 4.90 Å². The van der Waals surface area contributed by atoms with Crippen molar-refractivity contribution >= 4 is 0 Å². The smallest absolute Gasteiger partial charge is 0.0124 e. The lowest BCUT2D eigenvalue weighted by Gasteiger charge is -2.34. The first-order valence-electron chi connectivity index (χ1n) is 5.01. The molecule has 0 saturated carbocycles. The SMILES string of the molecule is C[C@@H]1C[C@H]2[C@H](C)CCCN2C1. The molecule has 0 aromatic heterocycles. The van der Waals surface area contributed by atoms with Gasteiger partial charge in [0.2, 0.25) is 0 Å². The maximum absolute atomic E-state index is 2.71. The second-order valence-corrected chi connectivity index (χ2v) is 4.52. The van der Waals surface area contributed by atoms with Crippen LogP contribution < -0.4 is 0 Å². The zero-order chi connectivity index (χ0) is 7.84. The van der Waals surface area contributed by atoms with Gasteiger partial charge in [0.25, 0.3) is 0 Å². The minimum atomic E-state index is 0.943. The van der Waals surface area contributed by atoms with Gasteiger partial charge in [0, 0.05) is 12.6 Å². The van der Waals surface area contributed by atoms with Crippen molar-refractivity contribution in [1.82, 2.24) is 4.90 Å². The van der Waals surface area contributed by atoms with Crippen molar-refractivity contribution in [3.05, 3.63) is 0 Å². The Hall–Kier alpha value is -0.0400. The van der Waals surface area contributed by atoms with E-state index in [1.54, 1.807) is 0 Å². The second-order valence-electron chi connectivity index (χ2n) is 4.52. The number of nitrogens with zero attached hydrogens (tertiary/aromatic N) is 1. The van der Waals surface area contributed by atoms with Gasteiger partial charge < -0.3 is 0 Å². The van der Waals surface area contributed by atoms with E-state index in [0.29, 0.717) is 0 Å². The van der Waals surface area contributed by atoms with E-state index in [-0.39, 0.29) is 0 Å². The maximum Gasteiger partial charge on any atom is 0.0124 e. The zero-order valence-corrected chi connectivity index (χ0v) is 7.71. The molecule has 0 spiro atoms. The number of fused-ring (bicyclic) bond motifs is 1. The van der Waals surface area contributed by atoms with Crippen LogP contribution in [0.3, 0.4) is 0 Å². The molecule has 0 radical (unpaired) electrons. The molecule has 2 saturated heterocycles. The summed E-state index contributed by atoms with van der Waals surface area (Å²) < 4.78 is 0. The summed E-state index contributed by atoms with van der Waals surface area (Å²) in [6.45, 7) is 7.56. The Kier molecular flexibility index (Phi) is 1.92. The van der Waals surface area contributed by atoms with E-state index in [2.05, 4.69) is 18.7 Å². The van der Waals surface area contributed by atoms with E-state index in [0.717, 1.165) is 17.9 Å².